The standard InChI is InChI=1S/C15H19F3N4O3/c1-14(2)24-12-8(7-23-9(3-19)13(12)25-14)4-21-11-6-20-5-10(22-11)15(16,17)18/h4-6,8-9,12-13H,3,7,19H2,1-2H3/t8?,9-,12-,13+/m1/s1. The van der Waals surface area contributed by atoms with Crippen LogP contribution < -0.4 is 5.73 Å². The van der Waals surface area contributed by atoms with Crippen molar-refractivity contribution in [3.63, 3.8) is 0 Å². The van der Waals surface area contributed by atoms with E-state index < -0.39 is 17.7 Å². The predicted molar refractivity (Wildman–Crippen MR) is 81.3 cm³/mol. The van der Waals surface area contributed by atoms with E-state index in [1.807, 2.05) is 0 Å². The van der Waals surface area contributed by atoms with Gasteiger partial charge in [-0.3, -0.25) is 4.98 Å². The molecule has 2 aliphatic heterocycles. The first kappa shape index (κ1) is 18.2. The van der Waals surface area contributed by atoms with Gasteiger partial charge in [0.15, 0.2) is 17.3 Å². The Morgan fingerprint density at radius 2 is 2.04 bits per heavy atom. The molecular weight excluding hydrogens is 341 g/mol. The third-order valence-electron chi connectivity index (χ3n) is 4.00. The molecule has 2 fully saturated rings. The van der Waals surface area contributed by atoms with E-state index in [2.05, 4.69) is 15.0 Å². The van der Waals surface area contributed by atoms with E-state index >= 15 is 0 Å². The minimum absolute atomic E-state index is 0.134. The number of aliphatic imine (C=N–C) groups is 1. The van der Waals surface area contributed by atoms with E-state index in [-0.39, 0.29) is 43.2 Å². The Morgan fingerprint density at radius 1 is 1.32 bits per heavy atom. The van der Waals surface area contributed by atoms with E-state index in [1.165, 1.54) is 6.21 Å². The van der Waals surface area contributed by atoms with Crippen LogP contribution in [0.4, 0.5) is 19.0 Å². The highest BCUT2D eigenvalue weighted by molar-refractivity contribution is 5.65. The van der Waals surface area contributed by atoms with Gasteiger partial charge in [-0.1, -0.05) is 0 Å². The van der Waals surface area contributed by atoms with Gasteiger partial charge in [0.1, 0.15) is 6.10 Å². The van der Waals surface area contributed by atoms with E-state index in [0.717, 1.165) is 6.20 Å². The van der Waals surface area contributed by atoms with Gasteiger partial charge < -0.3 is 19.9 Å². The number of alkyl halides is 3. The second kappa shape index (κ2) is 6.60. The van der Waals surface area contributed by atoms with Crippen LogP contribution in [0.15, 0.2) is 17.4 Å². The number of rotatable bonds is 3. The molecule has 0 saturated carbocycles. The topological polar surface area (TPSA) is 91.8 Å². The molecule has 1 aromatic heterocycles. The Morgan fingerprint density at radius 3 is 2.72 bits per heavy atom. The summed E-state index contributed by atoms with van der Waals surface area (Å²) in [5.41, 5.74) is 4.60. The fourth-order valence-electron chi connectivity index (χ4n) is 2.92. The first-order chi connectivity index (χ1) is 11.7. The summed E-state index contributed by atoms with van der Waals surface area (Å²) in [6.45, 7) is 4.12. The largest absolute Gasteiger partial charge is 0.434 e. The Balaban J connectivity index is 1.77. The molecule has 138 valence electrons. The highest BCUT2D eigenvalue weighted by Gasteiger charge is 2.51. The number of hydrogen-bond donors (Lipinski definition) is 1. The zero-order valence-electron chi connectivity index (χ0n) is 13.7. The van der Waals surface area contributed by atoms with Crippen LogP contribution in [0, 0.1) is 5.92 Å². The number of aromatic nitrogens is 2. The van der Waals surface area contributed by atoms with E-state index in [0.29, 0.717) is 6.20 Å². The lowest BCUT2D eigenvalue weighted by Gasteiger charge is -2.34. The maximum absolute atomic E-state index is 12.7. The summed E-state index contributed by atoms with van der Waals surface area (Å²) in [5.74, 6) is -1.23. The summed E-state index contributed by atoms with van der Waals surface area (Å²) >= 11 is 0. The summed E-state index contributed by atoms with van der Waals surface area (Å²) in [4.78, 5) is 11.0. The smallest absolute Gasteiger partial charge is 0.373 e. The lowest BCUT2D eigenvalue weighted by Crippen LogP contribution is -2.51. The van der Waals surface area contributed by atoms with Crippen molar-refractivity contribution in [3.05, 3.63) is 18.1 Å². The fourth-order valence-corrected chi connectivity index (χ4v) is 2.92. The van der Waals surface area contributed by atoms with Crippen LogP contribution >= 0.6 is 0 Å². The van der Waals surface area contributed by atoms with Crippen LogP contribution in [0.25, 0.3) is 0 Å². The van der Waals surface area contributed by atoms with Crippen molar-refractivity contribution in [1.82, 2.24) is 9.97 Å². The van der Waals surface area contributed by atoms with Gasteiger partial charge in [0, 0.05) is 18.7 Å². The van der Waals surface area contributed by atoms with Gasteiger partial charge in [-0.15, -0.1) is 0 Å². The van der Waals surface area contributed by atoms with Crippen LogP contribution in [0.3, 0.4) is 0 Å². The highest BCUT2D eigenvalue weighted by Crippen LogP contribution is 2.37. The lowest BCUT2D eigenvalue weighted by atomic mass is 9.93. The van der Waals surface area contributed by atoms with Gasteiger partial charge >= 0.3 is 6.18 Å². The number of hydrogen-bond acceptors (Lipinski definition) is 7. The summed E-state index contributed by atoms with van der Waals surface area (Å²) in [7, 11) is 0. The molecule has 0 amide bonds. The van der Waals surface area contributed by atoms with Crippen LogP contribution in [0.1, 0.15) is 19.5 Å². The van der Waals surface area contributed by atoms with Crippen LogP contribution in [0.2, 0.25) is 0 Å². The van der Waals surface area contributed by atoms with Gasteiger partial charge in [0.2, 0.25) is 0 Å². The maximum atomic E-state index is 12.7. The molecule has 1 unspecified atom stereocenters. The molecule has 1 aromatic rings. The SMILES string of the molecule is CC1(C)O[C@@H]2[C@H](O1)C(C=Nc1cncc(C(F)(F)F)n1)CO[C@@H]2CN. The van der Waals surface area contributed by atoms with Crippen LogP contribution in [-0.2, 0) is 20.4 Å². The molecule has 7 nitrogen and oxygen atoms in total. The number of halogens is 3. The summed E-state index contributed by atoms with van der Waals surface area (Å²) in [6.07, 6.45) is -2.30. The minimum atomic E-state index is -4.57. The summed E-state index contributed by atoms with van der Waals surface area (Å²) in [5, 5.41) is 0. The number of nitrogens with two attached hydrogens (primary N) is 1. The van der Waals surface area contributed by atoms with Gasteiger partial charge in [0.05, 0.1) is 31.2 Å². The molecule has 0 radical (unpaired) electrons. The zero-order valence-corrected chi connectivity index (χ0v) is 13.7. The van der Waals surface area contributed by atoms with Crippen LogP contribution in [0.5, 0.6) is 0 Å². The zero-order chi connectivity index (χ0) is 18.2. The molecule has 4 atom stereocenters. The molecule has 10 heteroatoms. The van der Waals surface area contributed by atoms with Gasteiger partial charge in [-0.05, 0) is 13.8 Å². The predicted octanol–water partition coefficient (Wildman–Crippen LogP) is 1.69. The number of ether oxygens (including phenoxy) is 3. The monoisotopic (exact) mass is 360 g/mol. The fraction of sp³-hybridized carbons (Fsp3) is 0.667. The van der Waals surface area contributed by atoms with Crippen molar-refractivity contribution in [2.45, 2.75) is 44.1 Å². The van der Waals surface area contributed by atoms with Crippen LogP contribution in [-0.4, -0.2) is 53.4 Å². The lowest BCUT2D eigenvalue weighted by molar-refractivity contribution is -0.152. The summed E-state index contributed by atoms with van der Waals surface area (Å²) in [6, 6.07) is 0. The Hall–Kier alpha value is -1.62. The molecule has 2 saturated heterocycles. The van der Waals surface area contributed by atoms with Gasteiger partial charge in [-0.2, -0.15) is 13.2 Å². The van der Waals surface area contributed by atoms with Crippen molar-refractivity contribution < 1.29 is 27.4 Å². The second-order valence-corrected chi connectivity index (χ2v) is 6.37. The molecule has 2 aliphatic rings. The average Bonchev–Trinajstić information content (AvgIpc) is 2.87. The quantitative estimate of drug-likeness (QED) is 0.825. The van der Waals surface area contributed by atoms with Crippen molar-refractivity contribution in [2.75, 3.05) is 13.2 Å². The molecule has 0 bridgehead atoms. The second-order valence-electron chi connectivity index (χ2n) is 6.37. The normalized spacial score (nSPS) is 32.1. The van der Waals surface area contributed by atoms with Crippen molar-refractivity contribution in [1.29, 1.82) is 0 Å². The third kappa shape index (κ3) is 3.97. The first-order valence-corrected chi connectivity index (χ1v) is 7.80. The highest BCUT2D eigenvalue weighted by atomic mass is 19.4. The van der Waals surface area contributed by atoms with E-state index in [9.17, 15) is 13.2 Å². The Bertz CT molecular complexity index is 653. The molecular formula is C15H19F3N4O3. The van der Waals surface area contributed by atoms with Gasteiger partial charge in [-0.25, -0.2) is 9.98 Å². The number of fused-ring (bicyclic) bond motifs is 1. The molecule has 0 aromatic carbocycles. The average molecular weight is 360 g/mol. The van der Waals surface area contributed by atoms with Crippen molar-refractivity contribution in [3.8, 4) is 0 Å². The summed E-state index contributed by atoms with van der Waals surface area (Å²) < 4.78 is 55.5. The molecule has 3 rings (SSSR count). The Labute approximate surface area is 142 Å². The first-order valence-electron chi connectivity index (χ1n) is 7.80. The molecule has 0 spiro atoms. The third-order valence-corrected chi connectivity index (χ3v) is 4.00. The molecule has 3 heterocycles. The maximum Gasteiger partial charge on any atom is 0.434 e. The number of nitrogens with zero attached hydrogens (tertiary/aromatic N) is 3. The van der Waals surface area contributed by atoms with Crippen molar-refractivity contribution >= 4 is 12.0 Å². The van der Waals surface area contributed by atoms with Gasteiger partial charge in [0.25, 0.3) is 0 Å². The van der Waals surface area contributed by atoms with E-state index in [4.69, 9.17) is 19.9 Å². The minimum Gasteiger partial charge on any atom is -0.373 e. The molecule has 0 aliphatic carbocycles. The van der Waals surface area contributed by atoms with Crippen molar-refractivity contribution in [2.24, 2.45) is 16.6 Å². The molecule has 25 heavy (non-hydrogen) atoms. The van der Waals surface area contributed by atoms with E-state index in [1.54, 1.807) is 13.8 Å². The molecule has 2 N–H and O–H groups in total. The Kier molecular flexibility index (Phi) is 4.80.